The third-order valence-electron chi connectivity index (χ3n) is 3.88. The molecule has 0 spiro atoms. The lowest BCUT2D eigenvalue weighted by Gasteiger charge is -2.09. The average Bonchev–Trinajstić information content (AvgIpc) is 3.03. The van der Waals surface area contributed by atoms with Crippen LogP contribution in [0.15, 0.2) is 35.5 Å². The van der Waals surface area contributed by atoms with Gasteiger partial charge in [0.1, 0.15) is 17.5 Å². The van der Waals surface area contributed by atoms with E-state index < -0.39 is 11.8 Å². The van der Waals surface area contributed by atoms with Crippen molar-refractivity contribution in [1.29, 1.82) is 0 Å². The van der Waals surface area contributed by atoms with Crippen molar-refractivity contribution in [2.45, 2.75) is 26.4 Å². The number of esters is 1. The molecule has 1 aromatic carbocycles. The van der Waals surface area contributed by atoms with Crippen LogP contribution in [0, 0.1) is 5.82 Å². The van der Waals surface area contributed by atoms with E-state index in [0.717, 1.165) is 0 Å². The molecule has 0 aliphatic carbocycles. The Morgan fingerprint density at radius 1 is 1.36 bits per heavy atom. The van der Waals surface area contributed by atoms with Crippen LogP contribution >= 0.6 is 0 Å². The van der Waals surface area contributed by atoms with Gasteiger partial charge in [0.25, 0.3) is 5.56 Å². The number of nitrogens with zero attached hydrogens (tertiary/aromatic N) is 4. The predicted molar refractivity (Wildman–Crippen MR) is 89.0 cm³/mol. The predicted octanol–water partition coefficient (Wildman–Crippen LogP) is 2.15. The third kappa shape index (κ3) is 3.02. The molecule has 2 aromatic heterocycles. The second-order valence-corrected chi connectivity index (χ2v) is 5.90. The summed E-state index contributed by atoms with van der Waals surface area (Å²) in [5.41, 5.74) is 0.579. The summed E-state index contributed by atoms with van der Waals surface area (Å²) >= 11 is 0. The zero-order valence-corrected chi connectivity index (χ0v) is 14.1. The van der Waals surface area contributed by atoms with Crippen molar-refractivity contribution in [3.63, 3.8) is 0 Å². The number of rotatable bonds is 4. The van der Waals surface area contributed by atoms with Crippen LogP contribution in [0.4, 0.5) is 4.39 Å². The Morgan fingerprint density at radius 3 is 2.80 bits per heavy atom. The van der Waals surface area contributed by atoms with Crippen LogP contribution in [0.5, 0.6) is 0 Å². The number of carbonyl (C=O) groups is 1. The number of hydrogen-bond donors (Lipinski definition) is 0. The Balaban J connectivity index is 2.03. The van der Waals surface area contributed by atoms with Crippen molar-refractivity contribution >= 4 is 17.0 Å². The van der Waals surface area contributed by atoms with Crippen molar-refractivity contribution in [2.24, 2.45) is 0 Å². The Hall–Kier alpha value is -3.03. The molecule has 0 aliphatic heterocycles. The molecular weight excluding hydrogens is 327 g/mol. The molecule has 2 heterocycles. The largest absolute Gasteiger partial charge is 0.465 e. The molecule has 0 fully saturated rings. The van der Waals surface area contributed by atoms with E-state index in [1.54, 1.807) is 4.68 Å². The van der Waals surface area contributed by atoms with Gasteiger partial charge in [-0.15, -0.1) is 0 Å². The maximum atomic E-state index is 14.1. The van der Waals surface area contributed by atoms with E-state index in [2.05, 4.69) is 14.8 Å². The van der Waals surface area contributed by atoms with Gasteiger partial charge in [0.2, 0.25) is 0 Å². The number of hydrogen-bond acceptors (Lipinski definition) is 5. The van der Waals surface area contributed by atoms with Crippen LogP contribution in [0.1, 0.15) is 35.8 Å². The molecule has 25 heavy (non-hydrogen) atoms. The van der Waals surface area contributed by atoms with E-state index in [4.69, 9.17) is 0 Å². The fraction of sp³-hybridized carbons (Fsp3) is 0.294. The summed E-state index contributed by atoms with van der Waals surface area (Å²) in [4.78, 5) is 28.5. The van der Waals surface area contributed by atoms with Crippen LogP contribution in [0.25, 0.3) is 11.0 Å². The van der Waals surface area contributed by atoms with E-state index in [1.807, 2.05) is 13.8 Å². The Morgan fingerprint density at radius 2 is 2.12 bits per heavy atom. The summed E-state index contributed by atoms with van der Waals surface area (Å²) < 4.78 is 21.6. The highest BCUT2D eigenvalue weighted by atomic mass is 19.1. The lowest BCUT2D eigenvalue weighted by molar-refractivity contribution is 0.0600. The molecule has 0 atom stereocenters. The fourth-order valence-corrected chi connectivity index (χ4v) is 2.58. The van der Waals surface area contributed by atoms with Gasteiger partial charge in [-0.25, -0.2) is 18.9 Å². The molecule has 0 N–H and O–H groups in total. The summed E-state index contributed by atoms with van der Waals surface area (Å²) in [7, 11) is 1.25. The van der Waals surface area contributed by atoms with E-state index in [9.17, 15) is 14.0 Å². The third-order valence-corrected chi connectivity index (χ3v) is 3.88. The molecule has 130 valence electrons. The molecule has 0 bridgehead atoms. The second kappa shape index (κ2) is 6.46. The zero-order valence-electron chi connectivity index (χ0n) is 14.1. The quantitative estimate of drug-likeness (QED) is 0.678. The fourth-order valence-electron chi connectivity index (χ4n) is 2.58. The lowest BCUT2D eigenvalue weighted by Crippen LogP contribution is -2.22. The maximum Gasteiger partial charge on any atom is 0.337 e. The Labute approximate surface area is 142 Å². The molecule has 0 amide bonds. The van der Waals surface area contributed by atoms with Gasteiger partial charge in [-0.05, 0) is 32.0 Å². The van der Waals surface area contributed by atoms with Crippen LogP contribution in [-0.4, -0.2) is 32.4 Å². The van der Waals surface area contributed by atoms with Crippen molar-refractivity contribution < 1.29 is 13.9 Å². The van der Waals surface area contributed by atoms with Crippen molar-refractivity contribution in [1.82, 2.24) is 19.3 Å². The first-order valence-electron chi connectivity index (χ1n) is 7.71. The molecule has 0 aliphatic rings. The van der Waals surface area contributed by atoms with Gasteiger partial charge in [-0.3, -0.25) is 9.36 Å². The summed E-state index contributed by atoms with van der Waals surface area (Å²) in [6, 6.07) is 3.95. The summed E-state index contributed by atoms with van der Waals surface area (Å²) in [6.07, 6.45) is 2.82. The van der Waals surface area contributed by atoms with Crippen LogP contribution < -0.4 is 5.56 Å². The van der Waals surface area contributed by atoms with Crippen molar-refractivity contribution in [3.05, 3.63) is 58.0 Å². The number of methoxy groups -OCH3 is 1. The maximum absolute atomic E-state index is 14.1. The number of fused-ring (bicyclic) bond motifs is 1. The molecule has 3 rings (SSSR count). The first-order chi connectivity index (χ1) is 11.9. The minimum absolute atomic E-state index is 0.0503. The average molecular weight is 344 g/mol. The molecule has 0 saturated carbocycles. The highest BCUT2D eigenvalue weighted by Gasteiger charge is 2.14. The van der Waals surface area contributed by atoms with Crippen molar-refractivity contribution in [2.75, 3.05) is 7.11 Å². The number of halogens is 1. The highest BCUT2D eigenvalue weighted by Crippen LogP contribution is 2.15. The Bertz CT molecular complexity index is 1010. The topological polar surface area (TPSA) is 79.0 Å². The first-order valence-corrected chi connectivity index (χ1v) is 7.71. The smallest absolute Gasteiger partial charge is 0.337 e. The van der Waals surface area contributed by atoms with Gasteiger partial charge >= 0.3 is 5.97 Å². The van der Waals surface area contributed by atoms with Gasteiger partial charge < -0.3 is 4.74 Å². The highest BCUT2D eigenvalue weighted by molar-refractivity contribution is 5.89. The van der Waals surface area contributed by atoms with Gasteiger partial charge in [0, 0.05) is 11.6 Å². The zero-order chi connectivity index (χ0) is 18.1. The summed E-state index contributed by atoms with van der Waals surface area (Å²) in [5, 5.41) is 4.54. The van der Waals surface area contributed by atoms with E-state index in [0.29, 0.717) is 11.0 Å². The Kier molecular flexibility index (Phi) is 4.35. The van der Waals surface area contributed by atoms with Crippen LogP contribution in [0.2, 0.25) is 0 Å². The minimum Gasteiger partial charge on any atom is -0.465 e. The molecule has 0 saturated heterocycles. The molecule has 0 unspecified atom stereocenters. The first kappa shape index (κ1) is 16.8. The van der Waals surface area contributed by atoms with Crippen molar-refractivity contribution in [3.8, 4) is 0 Å². The normalized spacial score (nSPS) is 11.2. The monoisotopic (exact) mass is 344 g/mol. The van der Waals surface area contributed by atoms with E-state index >= 15 is 0 Å². The van der Waals surface area contributed by atoms with Gasteiger partial charge in [0.05, 0.1) is 25.4 Å². The molecule has 0 radical (unpaired) electrons. The van der Waals surface area contributed by atoms with E-state index in [1.165, 1.54) is 42.4 Å². The number of benzene rings is 1. The molecule has 7 nitrogen and oxygen atoms in total. The number of aromatic nitrogens is 4. The van der Waals surface area contributed by atoms with E-state index in [-0.39, 0.29) is 29.3 Å². The lowest BCUT2D eigenvalue weighted by atomic mass is 10.1. The van der Waals surface area contributed by atoms with Crippen LogP contribution in [0.3, 0.4) is 0 Å². The second-order valence-electron chi connectivity index (χ2n) is 5.90. The summed E-state index contributed by atoms with van der Waals surface area (Å²) in [5.74, 6) is -1.09. The summed E-state index contributed by atoms with van der Waals surface area (Å²) in [6.45, 7) is 3.83. The van der Waals surface area contributed by atoms with Gasteiger partial charge in [0.15, 0.2) is 5.65 Å². The van der Waals surface area contributed by atoms with Gasteiger partial charge in [-0.2, -0.15) is 5.10 Å². The van der Waals surface area contributed by atoms with Gasteiger partial charge in [-0.1, -0.05) is 0 Å². The SMILES string of the molecule is COC(=O)c1ccc(F)c(Cn2cnc3c(cnn3C(C)C)c2=O)c1. The standard InChI is InChI=1S/C17H17FN4O3/c1-10(2)22-15-13(7-20-22)16(23)21(9-19-15)8-12-6-11(17(24)25-3)4-5-14(12)18/h4-7,9-10H,8H2,1-3H3. The molecular formula is C17H17FN4O3. The number of carbonyl (C=O) groups excluding carboxylic acids is 1. The molecule has 8 heteroatoms. The van der Waals surface area contributed by atoms with Crippen LogP contribution in [-0.2, 0) is 11.3 Å². The minimum atomic E-state index is -0.569. The molecule has 3 aromatic rings. The number of ether oxygens (including phenoxy) is 1.